The van der Waals surface area contributed by atoms with Gasteiger partial charge in [0.05, 0.1) is 12.2 Å². The van der Waals surface area contributed by atoms with Crippen molar-refractivity contribution in [3.8, 4) is 0 Å². The van der Waals surface area contributed by atoms with Crippen LogP contribution in [0.4, 0.5) is 0 Å². The van der Waals surface area contributed by atoms with Crippen LogP contribution >= 0.6 is 0 Å². The molecule has 1 heterocycles. The molecule has 0 aromatic carbocycles. The first-order valence-electron chi connectivity index (χ1n) is 8.10. The second kappa shape index (κ2) is 10.6. The van der Waals surface area contributed by atoms with Gasteiger partial charge in [0.2, 0.25) is 6.79 Å². The second-order valence-electron chi connectivity index (χ2n) is 5.53. The summed E-state index contributed by atoms with van der Waals surface area (Å²) in [6, 6.07) is 0. The Morgan fingerprint density at radius 1 is 1.26 bits per heavy atom. The summed E-state index contributed by atoms with van der Waals surface area (Å²) in [6.07, 6.45) is 10.6. The quantitative estimate of drug-likeness (QED) is 0.388. The van der Waals surface area contributed by atoms with E-state index in [0.29, 0.717) is 17.9 Å². The van der Waals surface area contributed by atoms with Crippen LogP contribution in [0, 0.1) is 5.92 Å². The highest BCUT2D eigenvalue weighted by Gasteiger charge is 2.22. The maximum absolute atomic E-state index is 11.8. The summed E-state index contributed by atoms with van der Waals surface area (Å²) in [5.74, 6) is 0.230. The fourth-order valence-electron chi connectivity index (χ4n) is 2.06. The van der Waals surface area contributed by atoms with Gasteiger partial charge in [-0.15, -0.1) is 0 Å². The summed E-state index contributed by atoms with van der Waals surface area (Å²) < 4.78 is 15.1. The fraction of sp³-hybridized carbons (Fsp3) is 0.556. The first-order chi connectivity index (χ1) is 11.0. The Bertz CT molecular complexity index is 486. The maximum Gasteiger partial charge on any atom is 0.344 e. The van der Waals surface area contributed by atoms with E-state index < -0.39 is 0 Å². The molecule has 0 unspecified atom stereocenters. The van der Waals surface area contributed by atoms with Gasteiger partial charge in [-0.3, -0.25) is 0 Å². The lowest BCUT2D eigenvalue weighted by Gasteiger charge is -2.19. The molecule has 23 heavy (non-hydrogen) atoms. The summed E-state index contributed by atoms with van der Waals surface area (Å²) in [5.41, 5.74) is 0.508. The summed E-state index contributed by atoms with van der Waals surface area (Å²) >= 11 is 0. The maximum atomic E-state index is 11.8. The second-order valence-corrected chi connectivity index (χ2v) is 5.53. The number of hydrogen-bond acceptors (Lipinski definition) is 5. The SMILES string of the molecule is CCOC(=O)/C=C/CCCC/C=C1/OCOC(=O)/C1=C\C(C)C. The Labute approximate surface area is 138 Å². The number of hydrogen-bond donors (Lipinski definition) is 0. The summed E-state index contributed by atoms with van der Waals surface area (Å²) in [6.45, 7) is 6.16. The number of esters is 2. The number of cyclic esters (lactones) is 1. The molecule has 5 heteroatoms. The van der Waals surface area contributed by atoms with Crippen molar-refractivity contribution in [1.82, 2.24) is 0 Å². The van der Waals surface area contributed by atoms with Gasteiger partial charge in [0.1, 0.15) is 5.76 Å². The van der Waals surface area contributed by atoms with Crippen LogP contribution in [0.3, 0.4) is 0 Å². The predicted octanol–water partition coefficient (Wildman–Crippen LogP) is 3.66. The summed E-state index contributed by atoms with van der Waals surface area (Å²) in [7, 11) is 0. The number of carbonyl (C=O) groups excluding carboxylic acids is 2. The van der Waals surface area contributed by atoms with Crippen LogP contribution in [0.5, 0.6) is 0 Å². The monoisotopic (exact) mass is 322 g/mol. The molecule has 0 amide bonds. The van der Waals surface area contributed by atoms with Crippen LogP contribution < -0.4 is 0 Å². The number of unbranched alkanes of at least 4 members (excludes halogenated alkanes) is 3. The lowest BCUT2D eigenvalue weighted by molar-refractivity contribution is -0.154. The van der Waals surface area contributed by atoms with Crippen LogP contribution in [0.15, 0.2) is 35.6 Å². The van der Waals surface area contributed by atoms with Crippen molar-refractivity contribution in [2.45, 2.75) is 46.5 Å². The van der Waals surface area contributed by atoms with Gasteiger partial charge in [-0.1, -0.05) is 26.0 Å². The highest BCUT2D eigenvalue weighted by molar-refractivity contribution is 5.93. The topological polar surface area (TPSA) is 61.8 Å². The number of ether oxygens (including phenoxy) is 3. The Balaban J connectivity index is 2.38. The van der Waals surface area contributed by atoms with Gasteiger partial charge in [-0.25, -0.2) is 9.59 Å². The molecule has 0 aromatic heterocycles. The van der Waals surface area contributed by atoms with Crippen LogP contribution in [-0.4, -0.2) is 25.3 Å². The molecule has 1 aliphatic rings. The minimum absolute atomic E-state index is 0.0254. The van der Waals surface area contributed by atoms with Crippen molar-refractivity contribution >= 4 is 11.9 Å². The van der Waals surface area contributed by atoms with E-state index in [9.17, 15) is 9.59 Å². The first kappa shape index (κ1) is 19.0. The third-order valence-corrected chi connectivity index (χ3v) is 3.08. The predicted molar refractivity (Wildman–Crippen MR) is 87.3 cm³/mol. The molecule has 0 bridgehead atoms. The van der Waals surface area contributed by atoms with Crippen molar-refractivity contribution in [2.24, 2.45) is 5.92 Å². The van der Waals surface area contributed by atoms with Crippen molar-refractivity contribution in [2.75, 3.05) is 13.4 Å². The van der Waals surface area contributed by atoms with Gasteiger partial charge in [-0.2, -0.15) is 0 Å². The number of allylic oxidation sites excluding steroid dienone is 3. The molecule has 0 aromatic rings. The molecule has 0 N–H and O–H groups in total. The van der Waals surface area contributed by atoms with E-state index in [-0.39, 0.29) is 24.6 Å². The summed E-state index contributed by atoms with van der Waals surface area (Å²) in [4.78, 5) is 22.9. The highest BCUT2D eigenvalue weighted by atomic mass is 16.7. The van der Waals surface area contributed by atoms with Crippen LogP contribution in [0.1, 0.15) is 46.5 Å². The van der Waals surface area contributed by atoms with Crippen molar-refractivity contribution in [3.05, 3.63) is 35.6 Å². The molecule has 1 fully saturated rings. The van der Waals surface area contributed by atoms with Gasteiger partial charge >= 0.3 is 11.9 Å². The Morgan fingerprint density at radius 2 is 2.00 bits per heavy atom. The Morgan fingerprint density at radius 3 is 2.70 bits per heavy atom. The molecule has 1 rings (SSSR count). The average molecular weight is 322 g/mol. The van der Waals surface area contributed by atoms with Crippen molar-refractivity contribution in [3.63, 3.8) is 0 Å². The van der Waals surface area contributed by atoms with Crippen LogP contribution in [0.2, 0.25) is 0 Å². The van der Waals surface area contributed by atoms with Crippen LogP contribution in [-0.2, 0) is 23.8 Å². The van der Waals surface area contributed by atoms with Crippen molar-refractivity contribution in [1.29, 1.82) is 0 Å². The molecule has 0 atom stereocenters. The molecule has 0 spiro atoms. The van der Waals surface area contributed by atoms with Gasteiger partial charge in [0, 0.05) is 6.08 Å². The zero-order valence-corrected chi connectivity index (χ0v) is 14.2. The molecule has 0 radical (unpaired) electrons. The van der Waals surface area contributed by atoms with E-state index in [2.05, 4.69) is 0 Å². The van der Waals surface area contributed by atoms with E-state index >= 15 is 0 Å². The minimum Gasteiger partial charge on any atom is -0.463 e. The van der Waals surface area contributed by atoms with Crippen LogP contribution in [0.25, 0.3) is 0 Å². The van der Waals surface area contributed by atoms with Gasteiger partial charge in [0.15, 0.2) is 0 Å². The minimum atomic E-state index is -0.325. The molecule has 1 aliphatic heterocycles. The molecule has 0 saturated carbocycles. The lowest BCUT2D eigenvalue weighted by Crippen LogP contribution is -2.20. The van der Waals surface area contributed by atoms with E-state index in [4.69, 9.17) is 14.2 Å². The molecule has 0 aliphatic carbocycles. The molecular weight excluding hydrogens is 296 g/mol. The Kier molecular flexibility index (Phi) is 8.80. The fourth-order valence-corrected chi connectivity index (χ4v) is 2.06. The average Bonchev–Trinajstić information content (AvgIpc) is 2.49. The van der Waals surface area contributed by atoms with Crippen molar-refractivity contribution < 1.29 is 23.8 Å². The largest absolute Gasteiger partial charge is 0.463 e. The highest BCUT2D eigenvalue weighted by Crippen LogP contribution is 2.22. The van der Waals surface area contributed by atoms with E-state index in [1.54, 1.807) is 6.92 Å². The summed E-state index contributed by atoms with van der Waals surface area (Å²) in [5, 5.41) is 0. The lowest BCUT2D eigenvalue weighted by atomic mass is 10.1. The molecule has 5 nitrogen and oxygen atoms in total. The number of carbonyl (C=O) groups is 2. The van der Waals surface area contributed by atoms with Gasteiger partial charge in [0.25, 0.3) is 0 Å². The standard InChI is InChI=1S/C18H26O5/c1-4-21-17(19)11-9-7-5-6-8-10-16-15(12-14(2)3)18(20)23-13-22-16/h9-12,14H,4-8,13H2,1-3H3/b11-9+,15-12-,16-10+. The third-order valence-electron chi connectivity index (χ3n) is 3.08. The van der Waals surface area contributed by atoms with E-state index in [0.717, 1.165) is 25.7 Å². The van der Waals surface area contributed by atoms with Gasteiger partial charge < -0.3 is 14.2 Å². The zero-order chi connectivity index (χ0) is 17.1. The van der Waals surface area contributed by atoms with E-state index in [1.165, 1.54) is 6.08 Å². The normalized spacial score (nSPS) is 18.5. The third kappa shape index (κ3) is 7.68. The zero-order valence-electron chi connectivity index (χ0n) is 14.2. The molecule has 1 saturated heterocycles. The van der Waals surface area contributed by atoms with Gasteiger partial charge in [-0.05, 0) is 44.6 Å². The molecule has 128 valence electrons. The molecular formula is C18H26O5. The first-order valence-corrected chi connectivity index (χ1v) is 8.10. The van der Waals surface area contributed by atoms with E-state index in [1.807, 2.05) is 32.1 Å². The Hall–Kier alpha value is -2.04. The number of rotatable bonds is 8. The smallest absolute Gasteiger partial charge is 0.344 e.